The molecule has 1 N–H and O–H groups in total. The minimum atomic E-state index is -3.73. The predicted octanol–water partition coefficient (Wildman–Crippen LogP) is 3.76. The highest BCUT2D eigenvalue weighted by Crippen LogP contribution is 2.17. The van der Waals surface area contributed by atoms with E-state index in [1.165, 1.54) is 24.3 Å². The van der Waals surface area contributed by atoms with Crippen LogP contribution < -0.4 is 4.72 Å². The number of nitrogens with one attached hydrogen (secondary N) is 1. The third-order valence-corrected chi connectivity index (χ3v) is 4.93. The topological polar surface area (TPSA) is 70.0 Å². The Bertz CT molecular complexity index is 1120. The first-order valence-corrected chi connectivity index (χ1v) is 9.25. The van der Waals surface area contributed by atoms with Gasteiger partial charge >= 0.3 is 0 Å². The third-order valence-electron chi connectivity index (χ3n) is 3.53. The number of hydrogen-bond donors (Lipinski definition) is 1. The van der Waals surface area contributed by atoms with Gasteiger partial charge in [-0.05, 0) is 54.6 Å². The van der Waals surface area contributed by atoms with Crippen LogP contribution >= 0.6 is 0 Å². The lowest BCUT2D eigenvalue weighted by Crippen LogP contribution is -2.12. The van der Waals surface area contributed by atoms with Crippen LogP contribution in [0.4, 0.5) is 5.69 Å². The van der Waals surface area contributed by atoms with Crippen molar-refractivity contribution in [2.75, 3.05) is 4.72 Å². The lowest BCUT2D eigenvalue weighted by Gasteiger charge is -2.08. The molecule has 0 heterocycles. The Labute approximate surface area is 152 Å². The molecule has 0 saturated heterocycles. The summed E-state index contributed by atoms with van der Waals surface area (Å²) >= 11 is 0. The Balaban J connectivity index is 1.82. The maximum atomic E-state index is 12.5. The van der Waals surface area contributed by atoms with Gasteiger partial charge in [0.05, 0.1) is 22.2 Å². The number of nitriles is 1. The molecule has 4 nitrogen and oxygen atoms in total. The molecular formula is C21H14N2O2S. The normalized spacial score (nSPS) is 10.3. The van der Waals surface area contributed by atoms with Crippen LogP contribution in [0.5, 0.6) is 0 Å². The van der Waals surface area contributed by atoms with E-state index in [4.69, 9.17) is 5.26 Å². The average molecular weight is 358 g/mol. The van der Waals surface area contributed by atoms with Crippen molar-refractivity contribution in [2.24, 2.45) is 0 Å². The molecule has 0 bridgehead atoms. The van der Waals surface area contributed by atoms with Crippen LogP contribution in [0, 0.1) is 23.2 Å². The number of sulfonamides is 1. The first-order chi connectivity index (χ1) is 12.6. The Kier molecular flexibility index (Phi) is 5.03. The summed E-state index contributed by atoms with van der Waals surface area (Å²) in [5, 5.41) is 8.80. The molecule has 3 aromatic rings. The highest BCUT2D eigenvalue weighted by Gasteiger charge is 2.14. The molecular weight excluding hydrogens is 344 g/mol. The highest BCUT2D eigenvalue weighted by atomic mass is 32.2. The second-order valence-corrected chi connectivity index (χ2v) is 7.12. The second kappa shape index (κ2) is 7.57. The third kappa shape index (κ3) is 4.30. The smallest absolute Gasteiger partial charge is 0.261 e. The van der Waals surface area contributed by atoms with Gasteiger partial charge in [-0.25, -0.2) is 8.42 Å². The van der Waals surface area contributed by atoms with Gasteiger partial charge in [0.15, 0.2) is 0 Å². The van der Waals surface area contributed by atoms with Crippen LogP contribution in [-0.2, 0) is 10.0 Å². The number of anilines is 1. The minimum Gasteiger partial charge on any atom is -0.280 e. The van der Waals surface area contributed by atoms with Crippen molar-refractivity contribution < 1.29 is 8.42 Å². The lowest BCUT2D eigenvalue weighted by molar-refractivity contribution is 0.601. The molecule has 0 aliphatic heterocycles. The molecule has 126 valence electrons. The Hall–Kier alpha value is -3.54. The SMILES string of the molecule is N#Cc1ccc(S(=O)(=O)Nc2cccc(C#Cc3ccccc3)c2)cc1. The van der Waals surface area contributed by atoms with Gasteiger partial charge in [0.1, 0.15) is 0 Å². The number of nitrogens with zero attached hydrogens (tertiary/aromatic N) is 1. The van der Waals surface area contributed by atoms with Gasteiger partial charge < -0.3 is 0 Å². The standard InChI is InChI=1S/C21H14N2O2S/c22-16-19-11-13-21(14-12-19)26(24,25)23-20-8-4-7-18(15-20)10-9-17-5-2-1-3-6-17/h1-8,11-15,23H. The molecule has 0 aromatic heterocycles. The molecule has 5 heteroatoms. The predicted molar refractivity (Wildman–Crippen MR) is 101 cm³/mol. The quantitative estimate of drug-likeness (QED) is 0.725. The van der Waals surface area contributed by atoms with Crippen LogP contribution in [-0.4, -0.2) is 8.42 Å². The van der Waals surface area contributed by atoms with Crippen LogP contribution in [0.2, 0.25) is 0 Å². The summed E-state index contributed by atoms with van der Waals surface area (Å²) in [7, 11) is -3.73. The largest absolute Gasteiger partial charge is 0.280 e. The lowest BCUT2D eigenvalue weighted by atomic mass is 10.2. The van der Waals surface area contributed by atoms with E-state index in [0.29, 0.717) is 16.8 Å². The summed E-state index contributed by atoms with van der Waals surface area (Å²) < 4.78 is 27.5. The zero-order chi connectivity index (χ0) is 18.4. The van der Waals surface area contributed by atoms with Crippen molar-refractivity contribution in [3.8, 4) is 17.9 Å². The first-order valence-electron chi connectivity index (χ1n) is 7.77. The Morgan fingerprint density at radius 2 is 1.38 bits per heavy atom. The van der Waals surface area contributed by atoms with Gasteiger partial charge in [0, 0.05) is 11.1 Å². The van der Waals surface area contributed by atoms with E-state index < -0.39 is 10.0 Å². The minimum absolute atomic E-state index is 0.0947. The summed E-state index contributed by atoms with van der Waals surface area (Å²) in [6.45, 7) is 0. The molecule has 0 aliphatic rings. The van der Waals surface area contributed by atoms with Gasteiger partial charge in [0.2, 0.25) is 0 Å². The van der Waals surface area contributed by atoms with E-state index >= 15 is 0 Å². The first kappa shape index (κ1) is 17.3. The number of benzene rings is 3. The van der Waals surface area contributed by atoms with Crippen molar-refractivity contribution in [2.45, 2.75) is 4.90 Å². The number of hydrogen-bond acceptors (Lipinski definition) is 3. The molecule has 0 aliphatic carbocycles. The van der Waals surface area contributed by atoms with Crippen LogP contribution in [0.25, 0.3) is 0 Å². The highest BCUT2D eigenvalue weighted by molar-refractivity contribution is 7.92. The monoisotopic (exact) mass is 358 g/mol. The summed E-state index contributed by atoms with van der Waals surface area (Å²) in [5.74, 6) is 6.06. The molecule has 0 atom stereocenters. The van der Waals surface area contributed by atoms with Gasteiger partial charge in [-0.2, -0.15) is 5.26 Å². The van der Waals surface area contributed by atoms with Crippen LogP contribution in [0.3, 0.4) is 0 Å². The van der Waals surface area contributed by atoms with Gasteiger partial charge in [0.25, 0.3) is 10.0 Å². The van der Waals surface area contributed by atoms with E-state index in [1.807, 2.05) is 42.5 Å². The van der Waals surface area contributed by atoms with Gasteiger partial charge in [-0.15, -0.1) is 0 Å². The fourth-order valence-electron chi connectivity index (χ4n) is 2.25. The van der Waals surface area contributed by atoms with E-state index in [1.54, 1.807) is 18.2 Å². The molecule has 0 saturated carbocycles. The van der Waals surface area contributed by atoms with Crippen molar-refractivity contribution in [1.29, 1.82) is 5.26 Å². The molecule has 3 aromatic carbocycles. The fourth-order valence-corrected chi connectivity index (χ4v) is 3.30. The molecule has 3 rings (SSSR count). The Morgan fingerprint density at radius 3 is 2.08 bits per heavy atom. The zero-order valence-electron chi connectivity index (χ0n) is 13.7. The van der Waals surface area contributed by atoms with Crippen molar-refractivity contribution in [3.63, 3.8) is 0 Å². The molecule has 0 amide bonds. The van der Waals surface area contributed by atoms with Crippen molar-refractivity contribution in [1.82, 2.24) is 0 Å². The summed E-state index contributed by atoms with van der Waals surface area (Å²) in [6.07, 6.45) is 0. The zero-order valence-corrected chi connectivity index (χ0v) is 14.5. The van der Waals surface area contributed by atoms with Crippen LogP contribution in [0.15, 0.2) is 83.8 Å². The van der Waals surface area contributed by atoms with E-state index in [9.17, 15) is 8.42 Å². The molecule has 0 unspecified atom stereocenters. The summed E-state index contributed by atoms with van der Waals surface area (Å²) in [4.78, 5) is 0.0947. The van der Waals surface area contributed by atoms with Crippen LogP contribution in [0.1, 0.15) is 16.7 Å². The van der Waals surface area contributed by atoms with E-state index in [2.05, 4.69) is 16.6 Å². The van der Waals surface area contributed by atoms with Crippen molar-refractivity contribution in [3.05, 3.63) is 95.6 Å². The molecule has 0 fully saturated rings. The van der Waals surface area contributed by atoms with Crippen molar-refractivity contribution >= 4 is 15.7 Å². The average Bonchev–Trinajstić information content (AvgIpc) is 2.67. The van der Waals surface area contributed by atoms with E-state index in [-0.39, 0.29) is 4.90 Å². The van der Waals surface area contributed by atoms with E-state index in [0.717, 1.165) is 5.56 Å². The van der Waals surface area contributed by atoms with Gasteiger partial charge in [-0.3, -0.25) is 4.72 Å². The fraction of sp³-hybridized carbons (Fsp3) is 0. The maximum absolute atomic E-state index is 12.5. The van der Waals surface area contributed by atoms with Gasteiger partial charge in [-0.1, -0.05) is 36.1 Å². The molecule has 0 spiro atoms. The number of rotatable bonds is 3. The maximum Gasteiger partial charge on any atom is 0.261 e. The Morgan fingerprint density at radius 1 is 0.731 bits per heavy atom. The molecule has 26 heavy (non-hydrogen) atoms. The summed E-state index contributed by atoms with van der Waals surface area (Å²) in [5.41, 5.74) is 2.42. The molecule has 0 radical (unpaired) electrons. The summed E-state index contributed by atoms with van der Waals surface area (Å²) in [6, 6.07) is 24.2. The second-order valence-electron chi connectivity index (χ2n) is 5.44.